The van der Waals surface area contributed by atoms with E-state index >= 15 is 0 Å². The molecule has 2 nitrogen and oxygen atoms in total. The van der Waals surface area contributed by atoms with Gasteiger partial charge >= 0.3 is 6.18 Å². The first-order valence-electron chi connectivity index (χ1n) is 2.15. The van der Waals surface area contributed by atoms with Gasteiger partial charge in [0.25, 0.3) is 0 Å². The van der Waals surface area contributed by atoms with Gasteiger partial charge in [-0.05, 0) is 11.6 Å². The second-order valence-corrected chi connectivity index (χ2v) is 1.79. The molecule has 6 heteroatoms. The molecule has 0 spiro atoms. The largest absolute Gasteiger partial charge is 0.435 e. The molecule has 10 heavy (non-hydrogen) atoms. The Kier molecular flexibility index (Phi) is 1.60. The zero-order chi connectivity index (χ0) is 7.78. The Morgan fingerprint density at radius 2 is 2.00 bits per heavy atom. The maximum atomic E-state index is 11.6. The third-order valence-corrected chi connectivity index (χ3v) is 0.896. The van der Waals surface area contributed by atoms with Gasteiger partial charge in [0.1, 0.15) is 6.20 Å². The van der Waals surface area contributed by atoms with Crippen molar-refractivity contribution in [3.63, 3.8) is 0 Å². The number of rotatable bonds is 0. The fourth-order valence-corrected chi connectivity index (χ4v) is 0.495. The summed E-state index contributed by atoms with van der Waals surface area (Å²) in [5.41, 5.74) is -1.18. The lowest BCUT2D eigenvalue weighted by atomic mass is 10.5. The van der Waals surface area contributed by atoms with Gasteiger partial charge < -0.3 is 0 Å². The van der Waals surface area contributed by atoms with Crippen molar-refractivity contribution in [1.29, 1.82) is 0 Å². The molecule has 0 saturated heterocycles. The smallest absolute Gasteiger partial charge is 0.214 e. The molecule has 0 N–H and O–H groups in total. The van der Waals surface area contributed by atoms with Crippen LogP contribution in [0.5, 0.6) is 0 Å². The summed E-state index contributed by atoms with van der Waals surface area (Å²) in [5.74, 6) is 0. The molecular weight excluding hydrogens is 169 g/mol. The summed E-state index contributed by atoms with van der Waals surface area (Å²) in [7, 11) is 0. The number of hydrogen-bond acceptors (Lipinski definition) is 1. The molecule has 0 aromatic rings. The van der Waals surface area contributed by atoms with Gasteiger partial charge in [-0.3, -0.25) is 0 Å². The van der Waals surface area contributed by atoms with Crippen LogP contribution in [0.1, 0.15) is 0 Å². The van der Waals surface area contributed by atoms with Gasteiger partial charge in [0.15, 0.2) is 5.70 Å². The van der Waals surface area contributed by atoms with E-state index in [2.05, 4.69) is 10.3 Å². The Morgan fingerprint density at radius 3 is 2.20 bits per heavy atom. The van der Waals surface area contributed by atoms with Gasteiger partial charge in [0.05, 0.1) is 0 Å². The molecule has 0 unspecified atom stereocenters. The van der Waals surface area contributed by atoms with E-state index in [0.717, 1.165) is 0 Å². The topological polar surface area (TPSA) is 26.5 Å². The minimum Gasteiger partial charge on any atom is -0.214 e. The van der Waals surface area contributed by atoms with Crippen LogP contribution >= 0.6 is 11.6 Å². The number of nitrogens with zero attached hydrogens (tertiary/aromatic N) is 2. The first kappa shape index (κ1) is 7.40. The van der Waals surface area contributed by atoms with Crippen molar-refractivity contribution in [2.45, 2.75) is 6.18 Å². The molecule has 1 rings (SSSR count). The zero-order valence-corrected chi connectivity index (χ0v) is 5.16. The number of aliphatic imine (C=N–C) groups is 1. The number of alkyl halides is 3. The van der Waals surface area contributed by atoms with Crippen molar-refractivity contribution < 1.29 is 13.2 Å². The lowest BCUT2D eigenvalue weighted by molar-refractivity contribution is -0.0926. The summed E-state index contributed by atoms with van der Waals surface area (Å²) < 4.78 is 34.8. The average Bonchev–Trinajstić information content (AvgIpc) is 2.11. The molecule has 0 aromatic carbocycles. The standard InChI is InChI=1S/C4ClF3N2/c5-3-9-1-2(10-3)4(6,7)8. The SMILES string of the molecule is FC(F)(F)C1=[C][N]C(Cl)=N1. The van der Waals surface area contributed by atoms with E-state index in [9.17, 15) is 13.2 Å². The first-order chi connectivity index (χ1) is 4.50. The summed E-state index contributed by atoms with van der Waals surface area (Å²) in [5, 5.41) is 2.55. The highest BCUT2D eigenvalue weighted by Gasteiger charge is 2.37. The molecular formula is C4ClF3N2. The van der Waals surface area contributed by atoms with E-state index in [0.29, 0.717) is 0 Å². The highest BCUT2D eigenvalue weighted by molar-refractivity contribution is 6.65. The maximum Gasteiger partial charge on any atom is 0.435 e. The number of halogens is 4. The molecule has 2 radical (unpaired) electrons. The second kappa shape index (κ2) is 2.16. The highest BCUT2D eigenvalue weighted by atomic mass is 35.5. The third kappa shape index (κ3) is 1.41. The van der Waals surface area contributed by atoms with Gasteiger partial charge in [0, 0.05) is 0 Å². The molecule has 1 aliphatic heterocycles. The predicted octanol–water partition coefficient (Wildman–Crippen LogP) is 1.41. The average molecular weight is 169 g/mol. The fraction of sp³-hybridized carbons (Fsp3) is 0.250. The summed E-state index contributed by atoms with van der Waals surface area (Å²) in [4.78, 5) is 2.86. The zero-order valence-electron chi connectivity index (χ0n) is 4.41. The Labute approximate surface area is 59.4 Å². The van der Waals surface area contributed by atoms with Gasteiger partial charge in [-0.15, -0.1) is 0 Å². The van der Waals surface area contributed by atoms with Gasteiger partial charge in [-0.1, -0.05) is 0 Å². The van der Waals surface area contributed by atoms with Crippen LogP contribution in [0, 0.1) is 6.20 Å². The fourth-order valence-electron chi connectivity index (χ4n) is 0.368. The van der Waals surface area contributed by atoms with Crippen LogP contribution in [0.15, 0.2) is 10.7 Å². The second-order valence-electron chi connectivity index (χ2n) is 1.45. The molecule has 0 atom stereocenters. The van der Waals surface area contributed by atoms with Crippen LogP contribution in [0.4, 0.5) is 13.2 Å². The van der Waals surface area contributed by atoms with E-state index in [1.807, 2.05) is 0 Å². The number of hydrogen-bond donors (Lipinski definition) is 0. The van der Waals surface area contributed by atoms with Crippen molar-refractivity contribution in [3.05, 3.63) is 11.9 Å². The minimum atomic E-state index is -4.50. The van der Waals surface area contributed by atoms with E-state index in [1.165, 1.54) is 0 Å². The summed E-state index contributed by atoms with van der Waals surface area (Å²) in [6.45, 7) is 0. The first-order valence-corrected chi connectivity index (χ1v) is 2.53. The summed E-state index contributed by atoms with van der Waals surface area (Å²) in [6, 6.07) is 0. The summed E-state index contributed by atoms with van der Waals surface area (Å²) in [6.07, 6.45) is -2.87. The van der Waals surface area contributed by atoms with E-state index in [4.69, 9.17) is 11.6 Å². The van der Waals surface area contributed by atoms with Crippen molar-refractivity contribution >= 4 is 16.9 Å². The molecule has 0 amide bonds. The van der Waals surface area contributed by atoms with Crippen molar-refractivity contribution in [1.82, 2.24) is 5.32 Å². The van der Waals surface area contributed by atoms with Crippen LogP contribution in [0.25, 0.3) is 0 Å². The number of amidine groups is 1. The van der Waals surface area contributed by atoms with Crippen molar-refractivity contribution in [3.8, 4) is 0 Å². The van der Waals surface area contributed by atoms with Crippen LogP contribution < -0.4 is 5.32 Å². The molecule has 1 aliphatic rings. The van der Waals surface area contributed by atoms with E-state index in [-0.39, 0.29) is 0 Å². The molecule has 0 aliphatic carbocycles. The minimum absolute atomic E-state index is 0.438. The van der Waals surface area contributed by atoms with Crippen molar-refractivity contribution in [2.24, 2.45) is 4.99 Å². The predicted molar refractivity (Wildman–Crippen MR) is 28.2 cm³/mol. The van der Waals surface area contributed by atoms with E-state index in [1.54, 1.807) is 6.20 Å². The van der Waals surface area contributed by atoms with Crippen molar-refractivity contribution in [2.75, 3.05) is 0 Å². The maximum absolute atomic E-state index is 11.6. The van der Waals surface area contributed by atoms with Gasteiger partial charge in [-0.25, -0.2) is 10.3 Å². The van der Waals surface area contributed by atoms with Gasteiger partial charge in [-0.2, -0.15) is 13.2 Å². The highest BCUT2D eigenvalue weighted by Crippen LogP contribution is 2.27. The molecule has 1 heterocycles. The Balaban J connectivity index is 2.77. The lowest BCUT2D eigenvalue weighted by Crippen LogP contribution is -2.08. The van der Waals surface area contributed by atoms with Crippen LogP contribution in [0.2, 0.25) is 0 Å². The van der Waals surface area contributed by atoms with Crippen LogP contribution in [0.3, 0.4) is 0 Å². The molecule has 0 aromatic heterocycles. The quantitative estimate of drug-likeness (QED) is 0.489. The molecule has 54 valence electrons. The number of allylic oxidation sites excluding steroid dienone is 1. The van der Waals surface area contributed by atoms with Gasteiger partial charge in [0.2, 0.25) is 5.29 Å². The third-order valence-electron chi connectivity index (χ3n) is 0.727. The molecule has 0 saturated carbocycles. The van der Waals surface area contributed by atoms with E-state index < -0.39 is 17.2 Å². The normalized spacial score (nSPS) is 18.0. The molecule has 0 fully saturated rings. The Morgan fingerprint density at radius 1 is 1.40 bits per heavy atom. The Bertz CT molecular complexity index is 205. The van der Waals surface area contributed by atoms with Crippen LogP contribution in [-0.4, -0.2) is 11.5 Å². The molecule has 0 bridgehead atoms. The Hall–Kier alpha value is -0.710. The summed E-state index contributed by atoms with van der Waals surface area (Å²) >= 11 is 5.01. The lowest BCUT2D eigenvalue weighted by Gasteiger charge is -1.99. The van der Waals surface area contributed by atoms with Crippen LogP contribution in [-0.2, 0) is 0 Å². The monoisotopic (exact) mass is 168 g/mol.